The Kier molecular flexibility index (Phi) is 5.56. The molecule has 2 aromatic carbocycles. The molecule has 0 radical (unpaired) electrons. The van der Waals surface area contributed by atoms with Crippen LogP contribution in [0, 0.1) is 0 Å². The zero-order valence-electron chi connectivity index (χ0n) is 14.3. The van der Waals surface area contributed by atoms with E-state index in [1.807, 2.05) is 51.4 Å². The molecule has 4 heteroatoms. The molecule has 4 rings (SSSR count). The normalized spacial score (nSPS) is 10.2. The first-order valence-electron chi connectivity index (χ1n) is 8.03. The Hall–Kier alpha value is -2.13. The average molecular weight is 328 g/mol. The van der Waals surface area contributed by atoms with Crippen molar-refractivity contribution < 1.29 is 0 Å². The molecule has 0 unspecified atom stereocenters. The third kappa shape index (κ3) is 3.02. The Morgan fingerprint density at radius 1 is 0.957 bits per heavy atom. The van der Waals surface area contributed by atoms with Gasteiger partial charge in [-0.2, -0.15) is 0 Å². The highest BCUT2D eigenvalue weighted by molar-refractivity contribution is 6.35. The predicted octanol–water partition coefficient (Wildman–Crippen LogP) is 5.98. The summed E-state index contributed by atoms with van der Waals surface area (Å²) in [6.45, 7) is 8.00. The molecule has 0 saturated carbocycles. The first-order valence-corrected chi connectivity index (χ1v) is 8.41. The van der Waals surface area contributed by atoms with Gasteiger partial charge < -0.3 is 4.57 Å². The molecule has 0 amide bonds. The van der Waals surface area contributed by atoms with Crippen LogP contribution in [0.25, 0.3) is 32.7 Å². The van der Waals surface area contributed by atoms with Crippen LogP contribution >= 0.6 is 11.6 Å². The number of rotatable bonds is 0. The summed E-state index contributed by atoms with van der Waals surface area (Å²) in [7, 11) is 1.97. The number of aromatic nitrogens is 3. The van der Waals surface area contributed by atoms with E-state index in [0.29, 0.717) is 5.15 Å². The topological polar surface area (TPSA) is 30.7 Å². The molecule has 0 N–H and O–H groups in total. The molecule has 0 aliphatic carbocycles. The van der Waals surface area contributed by atoms with Crippen LogP contribution in [0.3, 0.4) is 0 Å². The maximum Gasteiger partial charge on any atom is 0.157 e. The molecule has 4 aromatic rings. The largest absolute Gasteiger partial charge is 0.333 e. The van der Waals surface area contributed by atoms with Crippen molar-refractivity contribution >= 4 is 44.3 Å². The van der Waals surface area contributed by atoms with E-state index in [9.17, 15) is 0 Å². The van der Waals surface area contributed by atoms with Crippen molar-refractivity contribution in [1.29, 1.82) is 0 Å². The minimum atomic E-state index is 0.457. The van der Waals surface area contributed by atoms with Crippen molar-refractivity contribution in [3.63, 3.8) is 0 Å². The van der Waals surface area contributed by atoms with E-state index in [0.717, 1.165) is 21.9 Å². The van der Waals surface area contributed by atoms with Crippen molar-refractivity contribution in [2.45, 2.75) is 27.7 Å². The van der Waals surface area contributed by atoms with Gasteiger partial charge in [-0.15, -0.1) is 0 Å². The van der Waals surface area contributed by atoms with Crippen LogP contribution in [-0.4, -0.2) is 14.5 Å². The van der Waals surface area contributed by atoms with Gasteiger partial charge >= 0.3 is 0 Å². The number of pyridine rings is 1. The summed E-state index contributed by atoms with van der Waals surface area (Å²) in [5, 5.41) is 3.90. The van der Waals surface area contributed by atoms with Gasteiger partial charge in [0.05, 0.1) is 17.4 Å². The van der Waals surface area contributed by atoms with Gasteiger partial charge in [0, 0.05) is 12.4 Å². The molecule has 2 aromatic heterocycles. The molecule has 0 aliphatic heterocycles. The monoisotopic (exact) mass is 327 g/mol. The van der Waals surface area contributed by atoms with Crippen LogP contribution in [0.1, 0.15) is 27.7 Å². The summed E-state index contributed by atoms with van der Waals surface area (Å²) in [5.41, 5.74) is 2.69. The third-order valence-electron chi connectivity index (χ3n) is 3.47. The first-order chi connectivity index (χ1) is 11.2. The summed E-state index contributed by atoms with van der Waals surface area (Å²) in [6, 6.07) is 12.5. The lowest BCUT2D eigenvalue weighted by atomic mass is 10.1. The van der Waals surface area contributed by atoms with E-state index in [1.165, 1.54) is 10.8 Å². The maximum atomic E-state index is 6.21. The molecule has 0 spiro atoms. The van der Waals surface area contributed by atoms with Crippen molar-refractivity contribution in [3.05, 3.63) is 47.9 Å². The molecule has 0 bridgehead atoms. The summed E-state index contributed by atoms with van der Waals surface area (Å²) >= 11 is 6.21. The number of benzene rings is 2. The van der Waals surface area contributed by atoms with E-state index < -0.39 is 0 Å². The number of aryl methyl sites for hydroxylation is 1. The van der Waals surface area contributed by atoms with E-state index in [4.69, 9.17) is 11.6 Å². The van der Waals surface area contributed by atoms with E-state index in [-0.39, 0.29) is 0 Å². The van der Waals surface area contributed by atoms with E-state index in [1.54, 1.807) is 6.33 Å². The second kappa shape index (κ2) is 7.42. The lowest BCUT2D eigenvalue weighted by Gasteiger charge is -2.05. The Morgan fingerprint density at radius 3 is 2.22 bits per heavy atom. The fraction of sp³-hybridized carbons (Fsp3) is 0.263. The lowest BCUT2D eigenvalue weighted by molar-refractivity contribution is 0.951. The van der Waals surface area contributed by atoms with Gasteiger partial charge in [-0.25, -0.2) is 9.97 Å². The highest BCUT2D eigenvalue weighted by atomic mass is 35.5. The van der Waals surface area contributed by atoms with Crippen LogP contribution < -0.4 is 0 Å². The van der Waals surface area contributed by atoms with Gasteiger partial charge in [-0.05, 0) is 22.9 Å². The molecular weight excluding hydrogens is 306 g/mol. The van der Waals surface area contributed by atoms with E-state index in [2.05, 4.69) is 34.2 Å². The van der Waals surface area contributed by atoms with Gasteiger partial charge in [0.15, 0.2) is 5.15 Å². The summed E-state index contributed by atoms with van der Waals surface area (Å²) in [4.78, 5) is 8.77. The number of fused-ring (bicyclic) bond motifs is 4. The highest BCUT2D eigenvalue weighted by Crippen LogP contribution is 2.30. The maximum absolute atomic E-state index is 6.21. The van der Waals surface area contributed by atoms with Crippen LogP contribution in [-0.2, 0) is 7.05 Å². The standard InChI is InChI=1S/C15H10ClN3.2C2H6/c1-19-8-17-13-14(19)11-6-9-4-2-3-5-10(9)7-12(11)18-15(13)16;2*1-2/h2-8H,1H3;2*1-2H3. The molecule has 120 valence electrons. The lowest BCUT2D eigenvalue weighted by Crippen LogP contribution is -1.89. The second-order valence-corrected chi connectivity index (χ2v) is 5.03. The number of hydrogen-bond donors (Lipinski definition) is 0. The van der Waals surface area contributed by atoms with Gasteiger partial charge in [-0.1, -0.05) is 63.6 Å². The van der Waals surface area contributed by atoms with Gasteiger partial charge in [-0.3, -0.25) is 0 Å². The van der Waals surface area contributed by atoms with Gasteiger partial charge in [0.1, 0.15) is 5.52 Å². The summed E-state index contributed by atoms with van der Waals surface area (Å²) < 4.78 is 1.99. The van der Waals surface area contributed by atoms with Gasteiger partial charge in [0.25, 0.3) is 0 Å². The Bertz CT molecular complexity index is 941. The molecule has 0 saturated heterocycles. The average Bonchev–Trinajstić information content (AvgIpc) is 3.00. The second-order valence-electron chi connectivity index (χ2n) is 4.67. The molecular formula is C19H22ClN3. The van der Waals surface area contributed by atoms with Crippen LogP contribution in [0.2, 0.25) is 5.15 Å². The van der Waals surface area contributed by atoms with Crippen molar-refractivity contribution in [3.8, 4) is 0 Å². The number of nitrogens with zero attached hydrogens (tertiary/aromatic N) is 3. The highest BCUT2D eigenvalue weighted by Gasteiger charge is 2.11. The number of hydrogen-bond acceptors (Lipinski definition) is 2. The molecule has 0 atom stereocenters. The summed E-state index contributed by atoms with van der Waals surface area (Å²) in [6.07, 6.45) is 1.77. The van der Waals surface area contributed by atoms with Crippen molar-refractivity contribution in [2.75, 3.05) is 0 Å². The zero-order chi connectivity index (χ0) is 17.0. The van der Waals surface area contributed by atoms with E-state index >= 15 is 0 Å². The predicted molar refractivity (Wildman–Crippen MR) is 101 cm³/mol. The van der Waals surface area contributed by atoms with Crippen molar-refractivity contribution in [2.24, 2.45) is 7.05 Å². The SMILES string of the molecule is CC.CC.Cn1cnc2c(Cl)nc3cc4ccccc4cc3c21. The third-order valence-corrected chi connectivity index (χ3v) is 3.73. The quantitative estimate of drug-likeness (QED) is 0.294. The smallest absolute Gasteiger partial charge is 0.157 e. The van der Waals surface area contributed by atoms with Crippen LogP contribution in [0.4, 0.5) is 0 Å². The Balaban J connectivity index is 0.000000448. The minimum absolute atomic E-state index is 0.457. The van der Waals surface area contributed by atoms with Gasteiger partial charge in [0.2, 0.25) is 0 Å². The molecule has 3 nitrogen and oxygen atoms in total. The fourth-order valence-corrected chi connectivity index (χ4v) is 2.80. The molecule has 0 aliphatic rings. The number of halogens is 1. The number of imidazole rings is 1. The first kappa shape index (κ1) is 17.2. The Morgan fingerprint density at radius 2 is 1.57 bits per heavy atom. The van der Waals surface area contributed by atoms with Crippen LogP contribution in [0.5, 0.6) is 0 Å². The minimum Gasteiger partial charge on any atom is -0.333 e. The Labute approximate surface area is 141 Å². The molecule has 0 fully saturated rings. The van der Waals surface area contributed by atoms with Crippen LogP contribution in [0.15, 0.2) is 42.7 Å². The zero-order valence-corrected chi connectivity index (χ0v) is 15.0. The summed E-state index contributed by atoms with van der Waals surface area (Å²) in [5.74, 6) is 0. The molecule has 23 heavy (non-hydrogen) atoms. The molecule has 2 heterocycles. The fourth-order valence-electron chi connectivity index (χ4n) is 2.57. The van der Waals surface area contributed by atoms with Crippen molar-refractivity contribution in [1.82, 2.24) is 14.5 Å².